The van der Waals surface area contributed by atoms with E-state index in [0.29, 0.717) is 39.3 Å². The maximum absolute atomic E-state index is 14.5. The number of alkyl halides is 1. The Morgan fingerprint density at radius 3 is 1.40 bits per heavy atom. The Morgan fingerprint density at radius 2 is 1.04 bits per heavy atom. The second-order valence-corrected chi connectivity index (χ2v) is 14.3. The van der Waals surface area contributed by atoms with Crippen molar-refractivity contribution in [3.63, 3.8) is 0 Å². The molecule has 0 aliphatic heterocycles. The number of aliphatic hydroxyl groups is 1. The zero-order valence-electron chi connectivity index (χ0n) is 51.3. The van der Waals surface area contributed by atoms with Crippen LogP contribution in [0.1, 0.15) is 108 Å². The Labute approximate surface area is 331 Å². The highest BCUT2D eigenvalue weighted by atomic mass is 35.5. The maximum atomic E-state index is 14.5. The van der Waals surface area contributed by atoms with Crippen molar-refractivity contribution in [2.75, 3.05) is 14.2 Å². The van der Waals surface area contributed by atoms with Crippen molar-refractivity contribution in [3.8, 4) is 33.8 Å². The molecule has 3 nitrogen and oxygen atoms in total. The van der Waals surface area contributed by atoms with Gasteiger partial charge in [0.1, 0.15) is 34.8 Å². The summed E-state index contributed by atoms with van der Waals surface area (Å²) in [6.07, 6.45) is 8.15. The lowest BCUT2D eigenvalue weighted by molar-refractivity contribution is 0.275. The number of halogens is 5. The molecule has 0 heterocycles. The van der Waals surface area contributed by atoms with E-state index in [4.69, 9.17) is 53.7 Å². The van der Waals surface area contributed by atoms with Gasteiger partial charge in [-0.05, 0) is 131 Å². The first kappa shape index (κ1) is 25.0. The van der Waals surface area contributed by atoms with Gasteiger partial charge in [-0.1, -0.05) is 39.8 Å². The highest BCUT2D eigenvalue weighted by molar-refractivity contribution is 6.17. The number of hydrogen-bond acceptors (Lipinski definition) is 3. The molecule has 286 valence electrons. The summed E-state index contributed by atoms with van der Waals surface area (Å²) in [5.41, 5.74) is 5.90. The van der Waals surface area contributed by atoms with E-state index in [1.807, 2.05) is 0 Å². The lowest BCUT2D eigenvalue weighted by atomic mass is 9.79. The van der Waals surface area contributed by atoms with Gasteiger partial charge in [0.15, 0.2) is 0 Å². The van der Waals surface area contributed by atoms with Gasteiger partial charge in [-0.2, -0.15) is 0 Å². The highest BCUT2D eigenvalue weighted by Gasteiger charge is 2.32. The van der Waals surface area contributed by atoms with Crippen molar-refractivity contribution >= 4 is 22.7 Å². The zero-order valence-corrected chi connectivity index (χ0v) is 30.1. The SMILES string of the molecule is COc1ccc(F)c(-c2cc(F)c(CCl)cc2C2=CCCC2(C)C)c1.COc1ccc(F)c(-c2cc(F)c(CO)cc2C2=CCCC2(C)C)c1.[3H][3H].[3H][3H].[3H][3H].[3H][3H].[3H][3H].[3H][3H].[3H][3H].[3H][3H].[3H][3H].[3H][3H].[3H][3H]. The quantitative estimate of drug-likeness (QED) is 0.143. The van der Waals surface area contributed by atoms with Crippen LogP contribution in [0.4, 0.5) is 17.6 Å². The van der Waals surface area contributed by atoms with E-state index in [9.17, 15) is 22.7 Å². The summed E-state index contributed by atoms with van der Waals surface area (Å²) in [7, 11) is 3.04. The highest BCUT2D eigenvalue weighted by Crippen LogP contribution is 2.49. The van der Waals surface area contributed by atoms with E-state index in [0.717, 1.165) is 48.0 Å². The van der Waals surface area contributed by atoms with E-state index in [2.05, 4.69) is 39.8 Å². The molecule has 0 saturated carbocycles. The lowest BCUT2D eigenvalue weighted by Gasteiger charge is -2.25. The van der Waals surface area contributed by atoms with Crippen LogP contribution in [0.15, 0.2) is 72.8 Å². The summed E-state index contributed by atoms with van der Waals surface area (Å²) >= 11 is 5.91. The molecule has 2 aliphatic carbocycles. The minimum atomic E-state index is -0.542. The Hall–Kier alpha value is -4.07. The fourth-order valence-electron chi connectivity index (χ4n) is 6.95. The molecule has 2 aliphatic rings. The van der Waals surface area contributed by atoms with Gasteiger partial charge >= 0.3 is 0 Å². The molecule has 0 saturated heterocycles. The third-order valence-electron chi connectivity index (χ3n) is 9.89. The molecule has 8 heteroatoms. The molecule has 0 aromatic heterocycles. The monoisotopic (exact) mass is 773 g/mol. The smallest absolute Gasteiger partial charge is 0.131 e. The Bertz CT molecular complexity index is 1880. The minimum Gasteiger partial charge on any atom is -0.497 e. The zero-order chi connectivity index (χ0) is 58.4. The Morgan fingerprint density at radius 1 is 0.620 bits per heavy atom. The average molecular weight is 774 g/mol. The molecule has 0 spiro atoms. The van der Waals surface area contributed by atoms with Crippen LogP contribution in [0.2, 0.25) is 0 Å². The van der Waals surface area contributed by atoms with Crippen LogP contribution in [-0.2, 0) is 12.5 Å². The van der Waals surface area contributed by atoms with E-state index in [1.54, 1.807) is 30.3 Å². The molecule has 6 rings (SSSR count). The van der Waals surface area contributed by atoms with Crippen LogP contribution < -0.4 is 9.47 Å². The van der Waals surface area contributed by atoms with Crippen LogP contribution in [0.5, 0.6) is 11.5 Å². The summed E-state index contributed by atoms with van der Waals surface area (Å²) < 4.78 is 178. The van der Waals surface area contributed by atoms with Crippen molar-refractivity contribution in [2.45, 2.75) is 65.9 Å². The second-order valence-electron chi connectivity index (χ2n) is 14.0. The summed E-state index contributed by atoms with van der Waals surface area (Å²) in [4.78, 5) is 0. The van der Waals surface area contributed by atoms with Crippen LogP contribution in [0.3, 0.4) is 0 Å². The van der Waals surface area contributed by atoms with Gasteiger partial charge in [0.25, 0.3) is 0 Å². The normalized spacial score (nSPS) is 17.8. The van der Waals surface area contributed by atoms with Gasteiger partial charge in [0, 0.05) is 54.9 Å². The lowest BCUT2D eigenvalue weighted by Crippen LogP contribution is -2.11. The number of methoxy groups -OCH3 is 2. The Kier molecular flexibility index (Phi) is 7.51. The van der Waals surface area contributed by atoms with Crippen molar-refractivity contribution < 1.29 is 64.8 Å². The molecule has 0 atom stereocenters. The molecule has 0 bridgehead atoms. The average Bonchev–Trinajstić information content (AvgIpc) is 4.01. The molecule has 0 amide bonds. The fourth-order valence-corrected chi connectivity index (χ4v) is 7.16. The number of allylic oxidation sites excluding steroid dienone is 4. The molecule has 4 aromatic rings. The van der Waals surface area contributed by atoms with E-state index in [1.165, 1.54) is 44.6 Å². The largest absolute Gasteiger partial charge is 0.497 e. The third kappa shape index (κ3) is 7.50. The second kappa shape index (κ2) is 15.0. The molecular weight excluding hydrogens is 664 g/mol. The third-order valence-corrected chi connectivity index (χ3v) is 10.2. The van der Waals surface area contributed by atoms with Crippen molar-refractivity contribution in [3.05, 3.63) is 118 Å². The van der Waals surface area contributed by atoms with Gasteiger partial charge in [-0.15, -0.1) is 11.6 Å². The number of ether oxygens (including phenoxy) is 2. The first-order valence-electron chi connectivity index (χ1n) is 27.7. The van der Waals surface area contributed by atoms with Crippen molar-refractivity contribution in [2.24, 2.45) is 10.8 Å². The molecule has 1 N–H and O–H groups in total. The van der Waals surface area contributed by atoms with Gasteiger partial charge in [0.05, 0.1) is 26.7 Å². The van der Waals surface area contributed by atoms with Gasteiger partial charge in [-0.3, -0.25) is 0 Å². The van der Waals surface area contributed by atoms with Gasteiger partial charge < -0.3 is 14.6 Å². The molecule has 0 radical (unpaired) electrons. The predicted molar refractivity (Wildman–Crippen MR) is 217 cm³/mol. The first-order chi connectivity index (χ1) is 34.7. The van der Waals surface area contributed by atoms with Crippen LogP contribution in [0, 0.1) is 34.1 Å². The Balaban J connectivity index is -0.000000170. The van der Waals surface area contributed by atoms with Gasteiger partial charge in [0.2, 0.25) is 0 Å². The van der Waals surface area contributed by atoms with Crippen LogP contribution in [0.25, 0.3) is 33.4 Å². The number of benzene rings is 4. The van der Waals surface area contributed by atoms with E-state index >= 15 is 0 Å². The first-order valence-corrected chi connectivity index (χ1v) is 17.2. The topological polar surface area (TPSA) is 38.7 Å². The molecule has 0 fully saturated rings. The molecular formula is C42H65ClF4O3. The summed E-state index contributed by atoms with van der Waals surface area (Å²) in [5.74, 6) is -0.691. The number of hydrogen-bond donors (Lipinski definition) is 1. The van der Waals surface area contributed by atoms with Crippen LogP contribution in [-0.4, -0.2) is 19.3 Å². The maximum Gasteiger partial charge on any atom is 0.131 e. The van der Waals surface area contributed by atoms with E-state index in [-0.39, 0.29) is 22.3 Å². The summed E-state index contributed by atoms with van der Waals surface area (Å²) in [6, 6.07) is 15.1. The van der Waals surface area contributed by atoms with E-state index < -0.39 is 29.9 Å². The van der Waals surface area contributed by atoms with Gasteiger partial charge in [-0.25, -0.2) is 17.6 Å². The van der Waals surface area contributed by atoms with Crippen molar-refractivity contribution in [1.82, 2.24) is 0 Å². The van der Waals surface area contributed by atoms with Crippen LogP contribution >= 0.6 is 11.6 Å². The standard InChI is InChI=1S/C21H21ClF2O.C21H22F2O2.11H2/c1-21(2)8-4-5-18(21)16-9-13(12-22)20(24)11-15(16)17-10-14(25-3)6-7-19(17)23;1-21(2)8-4-5-18(21)16-9-13(12-24)20(23)11-15(16)17-10-14(25-3)6-7-19(17)22;;;;;;;;;;;/h5-7,9-11H,4,8,12H2,1-3H3;5-7,9-11,24H,4,8,12H2,1-3H3;11*1H/i;;11*1+2T. The number of aliphatic hydroxyl groups excluding tert-OH is 1. The minimum absolute atomic E-state index is 0.0501. The summed E-state index contributed by atoms with van der Waals surface area (Å²) in [5, 5.41) is 9.46. The summed E-state index contributed by atoms with van der Waals surface area (Å²) in [6.45, 7) is 8.16. The fraction of sp³-hybridized carbons (Fsp3) is 0.333. The van der Waals surface area contributed by atoms with Crippen molar-refractivity contribution in [1.29, 1.82) is 0 Å². The number of rotatable bonds is 8. The molecule has 0 unspecified atom stereocenters. The molecule has 4 aromatic carbocycles. The predicted octanol–water partition coefficient (Wildman–Crippen LogP) is 14.6. The molecule has 50 heavy (non-hydrogen) atoms.